The molecule has 5 nitrogen and oxygen atoms in total. The Morgan fingerprint density at radius 2 is 2.27 bits per heavy atom. The molecule has 90 valence electrons. The number of hydrogen-bond donors (Lipinski definition) is 2. The number of rotatable bonds is 3. The molecule has 0 bridgehead atoms. The molecule has 1 atom stereocenters. The van der Waals surface area contributed by atoms with Crippen LogP contribution in [0.3, 0.4) is 0 Å². The minimum absolute atomic E-state index is 0.0502. The lowest BCUT2D eigenvalue weighted by atomic mass is 10.3. The van der Waals surface area contributed by atoms with Crippen molar-refractivity contribution in [1.29, 1.82) is 0 Å². The molecule has 1 unspecified atom stereocenters. The summed E-state index contributed by atoms with van der Waals surface area (Å²) in [6.07, 6.45) is 0.0502. The predicted octanol–water partition coefficient (Wildman–Crippen LogP) is -0.548. The van der Waals surface area contributed by atoms with E-state index in [9.17, 15) is 4.79 Å². The third-order valence-electron chi connectivity index (χ3n) is 2.01. The SMILES string of the molecule is CC.CN1CCOC(CNC(=O)CO)C1. The van der Waals surface area contributed by atoms with Crippen molar-refractivity contribution in [3.8, 4) is 0 Å². The summed E-state index contributed by atoms with van der Waals surface area (Å²) in [5.74, 6) is -0.350. The zero-order valence-corrected chi connectivity index (χ0v) is 9.82. The van der Waals surface area contributed by atoms with E-state index in [1.807, 2.05) is 20.9 Å². The number of carbonyl (C=O) groups excluding carboxylic acids is 1. The minimum atomic E-state index is -0.456. The average molecular weight is 218 g/mol. The molecular weight excluding hydrogens is 196 g/mol. The zero-order valence-electron chi connectivity index (χ0n) is 9.82. The van der Waals surface area contributed by atoms with Gasteiger partial charge in [0.25, 0.3) is 0 Å². The minimum Gasteiger partial charge on any atom is -0.387 e. The highest BCUT2D eigenvalue weighted by molar-refractivity contribution is 5.76. The van der Waals surface area contributed by atoms with Crippen molar-refractivity contribution >= 4 is 5.91 Å². The molecule has 0 radical (unpaired) electrons. The summed E-state index contributed by atoms with van der Waals surface area (Å²) in [7, 11) is 2.02. The number of aliphatic hydroxyl groups excluding tert-OH is 1. The normalized spacial score (nSPS) is 21.5. The van der Waals surface area contributed by atoms with E-state index >= 15 is 0 Å². The Kier molecular flexibility index (Phi) is 8.27. The highest BCUT2D eigenvalue weighted by Gasteiger charge is 2.17. The first kappa shape index (κ1) is 14.3. The van der Waals surface area contributed by atoms with Crippen molar-refractivity contribution in [2.45, 2.75) is 20.0 Å². The van der Waals surface area contributed by atoms with Crippen molar-refractivity contribution < 1.29 is 14.6 Å². The molecule has 0 aromatic rings. The Morgan fingerprint density at radius 3 is 2.80 bits per heavy atom. The predicted molar refractivity (Wildman–Crippen MR) is 58.7 cm³/mol. The molecule has 2 N–H and O–H groups in total. The van der Waals surface area contributed by atoms with Crippen LogP contribution >= 0.6 is 0 Å². The molecule has 1 fully saturated rings. The molecule has 1 amide bonds. The first-order chi connectivity index (χ1) is 7.22. The van der Waals surface area contributed by atoms with Crippen molar-refractivity contribution in [3.63, 3.8) is 0 Å². The number of nitrogens with one attached hydrogen (secondary N) is 1. The van der Waals surface area contributed by atoms with Gasteiger partial charge in [0, 0.05) is 19.6 Å². The number of aliphatic hydroxyl groups is 1. The third-order valence-corrected chi connectivity index (χ3v) is 2.01. The summed E-state index contributed by atoms with van der Waals surface area (Å²) >= 11 is 0. The standard InChI is InChI=1S/C8H16N2O3.C2H6/c1-10-2-3-13-7(5-10)4-9-8(12)6-11;1-2/h7,11H,2-6H2,1H3,(H,9,12);1-2H3. The molecule has 1 aliphatic heterocycles. The van der Waals surface area contributed by atoms with Gasteiger partial charge in [0.05, 0.1) is 12.7 Å². The van der Waals surface area contributed by atoms with Gasteiger partial charge >= 0.3 is 0 Å². The maximum Gasteiger partial charge on any atom is 0.245 e. The molecular formula is C10H22N2O3. The first-order valence-electron chi connectivity index (χ1n) is 5.40. The fourth-order valence-electron chi connectivity index (χ4n) is 1.27. The van der Waals surface area contributed by atoms with Crippen LogP contribution < -0.4 is 5.32 Å². The van der Waals surface area contributed by atoms with Crippen molar-refractivity contribution in [1.82, 2.24) is 10.2 Å². The molecule has 5 heteroatoms. The smallest absolute Gasteiger partial charge is 0.245 e. The largest absolute Gasteiger partial charge is 0.387 e. The summed E-state index contributed by atoms with van der Waals surface area (Å²) in [4.78, 5) is 12.9. The van der Waals surface area contributed by atoms with Gasteiger partial charge in [0.2, 0.25) is 5.91 Å². The molecule has 1 saturated heterocycles. The second-order valence-electron chi connectivity index (χ2n) is 3.22. The van der Waals surface area contributed by atoms with Crippen LogP contribution in [0.25, 0.3) is 0 Å². The molecule has 1 aliphatic rings. The van der Waals surface area contributed by atoms with Gasteiger partial charge in [-0.1, -0.05) is 13.8 Å². The molecule has 1 rings (SSSR count). The summed E-state index contributed by atoms with van der Waals surface area (Å²) in [5.41, 5.74) is 0. The van der Waals surface area contributed by atoms with Gasteiger partial charge in [-0.05, 0) is 7.05 Å². The lowest BCUT2D eigenvalue weighted by Crippen LogP contribution is -2.46. The van der Waals surface area contributed by atoms with Crippen LogP contribution in [-0.4, -0.2) is 61.9 Å². The van der Waals surface area contributed by atoms with E-state index < -0.39 is 6.61 Å². The number of ether oxygens (including phenoxy) is 1. The van der Waals surface area contributed by atoms with Gasteiger partial charge in [-0.3, -0.25) is 4.79 Å². The fraction of sp³-hybridized carbons (Fsp3) is 0.900. The lowest BCUT2D eigenvalue weighted by molar-refractivity contribution is -0.124. The Bertz CT molecular complexity index is 176. The van der Waals surface area contributed by atoms with E-state index in [0.717, 1.165) is 13.1 Å². The molecule has 0 aromatic heterocycles. The van der Waals surface area contributed by atoms with E-state index in [-0.39, 0.29) is 12.0 Å². The molecule has 0 saturated carbocycles. The van der Waals surface area contributed by atoms with Crippen molar-refractivity contribution in [2.75, 3.05) is 39.9 Å². The summed E-state index contributed by atoms with van der Waals surface area (Å²) in [5, 5.41) is 11.0. The van der Waals surface area contributed by atoms with Crippen LogP contribution in [0.2, 0.25) is 0 Å². The van der Waals surface area contributed by atoms with Crippen LogP contribution in [0.5, 0.6) is 0 Å². The Morgan fingerprint density at radius 1 is 1.60 bits per heavy atom. The second-order valence-corrected chi connectivity index (χ2v) is 3.22. The number of hydrogen-bond acceptors (Lipinski definition) is 4. The monoisotopic (exact) mass is 218 g/mol. The number of likely N-dealkylation sites (N-methyl/N-ethyl adjacent to an activating group) is 1. The maximum absolute atomic E-state index is 10.7. The van der Waals surface area contributed by atoms with Crippen LogP contribution in [-0.2, 0) is 9.53 Å². The number of carbonyl (C=O) groups is 1. The molecule has 0 spiro atoms. The maximum atomic E-state index is 10.7. The number of nitrogens with zero attached hydrogens (tertiary/aromatic N) is 1. The van der Waals surface area contributed by atoms with E-state index in [1.165, 1.54) is 0 Å². The molecule has 15 heavy (non-hydrogen) atoms. The van der Waals surface area contributed by atoms with Gasteiger partial charge < -0.3 is 20.1 Å². The highest BCUT2D eigenvalue weighted by Crippen LogP contribution is 2.01. The number of morpholine rings is 1. The average Bonchev–Trinajstić information content (AvgIpc) is 2.29. The molecule has 1 heterocycles. The molecule has 0 aliphatic carbocycles. The quantitative estimate of drug-likeness (QED) is 0.667. The van der Waals surface area contributed by atoms with Crippen LogP contribution in [0, 0.1) is 0 Å². The summed E-state index contributed by atoms with van der Waals surface area (Å²) in [6.45, 7) is 6.48. The fourth-order valence-corrected chi connectivity index (χ4v) is 1.27. The van der Waals surface area contributed by atoms with E-state index in [0.29, 0.717) is 13.2 Å². The van der Waals surface area contributed by atoms with Gasteiger partial charge in [0.1, 0.15) is 6.61 Å². The van der Waals surface area contributed by atoms with E-state index in [2.05, 4.69) is 10.2 Å². The lowest BCUT2D eigenvalue weighted by Gasteiger charge is -2.29. The number of amides is 1. The van der Waals surface area contributed by atoms with Crippen LogP contribution in [0.1, 0.15) is 13.8 Å². The molecule has 0 aromatic carbocycles. The van der Waals surface area contributed by atoms with Gasteiger partial charge in [-0.15, -0.1) is 0 Å². The van der Waals surface area contributed by atoms with Crippen LogP contribution in [0.4, 0.5) is 0 Å². The Labute approximate surface area is 91.4 Å². The highest BCUT2D eigenvalue weighted by atomic mass is 16.5. The first-order valence-corrected chi connectivity index (χ1v) is 5.40. The summed E-state index contributed by atoms with van der Waals surface area (Å²) in [6, 6.07) is 0. The van der Waals surface area contributed by atoms with Gasteiger partial charge in [0.15, 0.2) is 0 Å². The second kappa shape index (κ2) is 8.64. The van der Waals surface area contributed by atoms with E-state index in [1.54, 1.807) is 0 Å². The van der Waals surface area contributed by atoms with Crippen molar-refractivity contribution in [3.05, 3.63) is 0 Å². The Balaban J connectivity index is 0.000000921. The topological polar surface area (TPSA) is 61.8 Å². The summed E-state index contributed by atoms with van der Waals surface area (Å²) < 4.78 is 5.41. The van der Waals surface area contributed by atoms with Crippen molar-refractivity contribution in [2.24, 2.45) is 0 Å². The van der Waals surface area contributed by atoms with E-state index in [4.69, 9.17) is 9.84 Å². The Hall–Kier alpha value is -0.650. The zero-order chi connectivity index (χ0) is 11.7. The van der Waals surface area contributed by atoms with Gasteiger partial charge in [-0.2, -0.15) is 0 Å². The third kappa shape index (κ3) is 6.43. The van der Waals surface area contributed by atoms with Gasteiger partial charge in [-0.25, -0.2) is 0 Å². The van der Waals surface area contributed by atoms with Crippen LogP contribution in [0.15, 0.2) is 0 Å².